The smallest absolute Gasteiger partial charge is 0.130 e. The molecule has 1 heterocycles. The van der Waals surface area contributed by atoms with E-state index in [1.807, 2.05) is 12.1 Å². The second-order valence-electron chi connectivity index (χ2n) is 9.56. The van der Waals surface area contributed by atoms with Crippen LogP contribution >= 0.6 is 0 Å². The number of hydrogen-bond acceptors (Lipinski definition) is 1. The maximum atomic E-state index is 14.9. The second-order valence-corrected chi connectivity index (χ2v) is 9.56. The SMILES string of the molecule is FCCCN1CC(Cc2ccc(C3=C(c4cc(F)ccc4F)CCCc4ccccc43)cc2)C1. The lowest BCUT2D eigenvalue weighted by Gasteiger charge is -2.39. The standard InChI is InChI=1S/C30H30F3N/c31-15-4-16-34-19-22(20-34)17-21-9-11-24(12-10-21)30-26-7-2-1-5-23(26)6-3-8-27(30)28-18-25(32)13-14-29(28)33/h1-2,5,7,9-14,18,22H,3-4,6,8,15-17,19-20H2. The molecule has 0 unspecified atom stereocenters. The van der Waals surface area contributed by atoms with Crippen LogP contribution in [-0.4, -0.2) is 31.2 Å². The van der Waals surface area contributed by atoms with Crippen molar-refractivity contribution < 1.29 is 13.2 Å². The fraction of sp³-hybridized carbons (Fsp3) is 0.333. The largest absolute Gasteiger partial charge is 0.303 e. The van der Waals surface area contributed by atoms with E-state index < -0.39 is 5.82 Å². The van der Waals surface area contributed by atoms with Crippen LogP contribution in [0.5, 0.6) is 0 Å². The Balaban J connectivity index is 1.47. The third kappa shape index (κ3) is 4.83. The van der Waals surface area contributed by atoms with E-state index >= 15 is 0 Å². The van der Waals surface area contributed by atoms with E-state index in [1.54, 1.807) is 0 Å². The van der Waals surface area contributed by atoms with Crippen LogP contribution in [-0.2, 0) is 12.8 Å². The van der Waals surface area contributed by atoms with Crippen LogP contribution in [0.15, 0.2) is 66.7 Å². The van der Waals surface area contributed by atoms with E-state index in [4.69, 9.17) is 0 Å². The summed E-state index contributed by atoms with van der Waals surface area (Å²) in [6.45, 7) is 2.66. The van der Waals surface area contributed by atoms with E-state index in [0.717, 1.165) is 61.2 Å². The number of allylic oxidation sites excluding steroid dienone is 1. The van der Waals surface area contributed by atoms with Crippen molar-refractivity contribution in [1.82, 2.24) is 4.90 Å². The summed E-state index contributed by atoms with van der Waals surface area (Å²) in [5, 5.41) is 0. The molecule has 0 radical (unpaired) electrons. The topological polar surface area (TPSA) is 3.24 Å². The van der Waals surface area contributed by atoms with Gasteiger partial charge in [-0.15, -0.1) is 0 Å². The molecule has 5 rings (SSSR count). The molecule has 0 atom stereocenters. The molecule has 1 aliphatic carbocycles. The van der Waals surface area contributed by atoms with Crippen molar-refractivity contribution in [3.05, 3.63) is 106 Å². The zero-order valence-electron chi connectivity index (χ0n) is 19.4. The molecule has 1 nitrogen and oxygen atoms in total. The highest BCUT2D eigenvalue weighted by Gasteiger charge is 2.26. The number of nitrogens with zero attached hydrogens (tertiary/aromatic N) is 1. The summed E-state index contributed by atoms with van der Waals surface area (Å²) in [6, 6.07) is 20.6. The number of fused-ring (bicyclic) bond motifs is 1. The molecule has 4 heteroatoms. The molecule has 176 valence electrons. The number of halogens is 3. The normalized spacial score (nSPS) is 16.8. The Bertz CT molecular complexity index is 1180. The van der Waals surface area contributed by atoms with Gasteiger partial charge in [-0.2, -0.15) is 0 Å². The third-order valence-electron chi connectivity index (χ3n) is 7.12. The molecular weight excluding hydrogens is 431 g/mol. The van der Waals surface area contributed by atoms with Crippen LogP contribution in [0.3, 0.4) is 0 Å². The van der Waals surface area contributed by atoms with E-state index in [-0.39, 0.29) is 12.5 Å². The Kier molecular flexibility index (Phi) is 6.87. The van der Waals surface area contributed by atoms with Crippen LogP contribution in [0.1, 0.15) is 47.1 Å². The molecule has 1 saturated heterocycles. The lowest BCUT2D eigenvalue weighted by molar-refractivity contribution is 0.0968. The highest BCUT2D eigenvalue weighted by molar-refractivity contribution is 6.00. The van der Waals surface area contributed by atoms with Gasteiger partial charge in [-0.3, -0.25) is 4.39 Å². The number of rotatable bonds is 7. The highest BCUT2D eigenvalue weighted by Crippen LogP contribution is 2.40. The average Bonchev–Trinajstić information content (AvgIpc) is 3.02. The first-order chi connectivity index (χ1) is 16.6. The van der Waals surface area contributed by atoms with Crippen molar-refractivity contribution in [2.24, 2.45) is 5.92 Å². The zero-order valence-corrected chi connectivity index (χ0v) is 19.4. The molecule has 0 amide bonds. The Labute approximate surface area is 199 Å². The fourth-order valence-corrected chi connectivity index (χ4v) is 5.47. The number of alkyl halides is 1. The van der Waals surface area contributed by atoms with Gasteiger partial charge < -0.3 is 4.90 Å². The van der Waals surface area contributed by atoms with Gasteiger partial charge in [-0.05, 0) is 89.6 Å². The van der Waals surface area contributed by atoms with Crippen LogP contribution < -0.4 is 0 Å². The quantitative estimate of drug-likeness (QED) is 0.363. The lowest BCUT2D eigenvalue weighted by atomic mass is 9.86. The first kappa shape index (κ1) is 22.9. The monoisotopic (exact) mass is 461 g/mol. The summed E-state index contributed by atoms with van der Waals surface area (Å²) in [5.41, 5.74) is 6.90. The van der Waals surface area contributed by atoms with Gasteiger partial charge in [0.1, 0.15) is 11.6 Å². The van der Waals surface area contributed by atoms with Gasteiger partial charge in [-0.25, -0.2) is 8.78 Å². The Morgan fingerprint density at radius 3 is 2.44 bits per heavy atom. The fourth-order valence-electron chi connectivity index (χ4n) is 5.47. The van der Waals surface area contributed by atoms with Gasteiger partial charge in [-0.1, -0.05) is 48.5 Å². The van der Waals surface area contributed by atoms with Gasteiger partial charge in [0, 0.05) is 25.2 Å². The maximum absolute atomic E-state index is 14.9. The number of benzene rings is 3. The summed E-state index contributed by atoms with van der Waals surface area (Å²) in [5.74, 6) is -0.190. The van der Waals surface area contributed by atoms with Crippen molar-refractivity contribution in [2.45, 2.75) is 32.1 Å². The molecule has 1 fully saturated rings. The third-order valence-corrected chi connectivity index (χ3v) is 7.12. The molecule has 0 saturated carbocycles. The second kappa shape index (κ2) is 10.2. The Morgan fingerprint density at radius 1 is 0.853 bits per heavy atom. The van der Waals surface area contributed by atoms with Crippen molar-refractivity contribution in [1.29, 1.82) is 0 Å². The minimum Gasteiger partial charge on any atom is -0.303 e. The molecule has 0 bridgehead atoms. The lowest BCUT2D eigenvalue weighted by Crippen LogP contribution is -2.47. The Morgan fingerprint density at radius 2 is 1.65 bits per heavy atom. The molecule has 34 heavy (non-hydrogen) atoms. The maximum Gasteiger partial charge on any atom is 0.130 e. The molecule has 0 N–H and O–H groups in total. The molecule has 3 aromatic carbocycles. The molecule has 1 aliphatic heterocycles. The minimum absolute atomic E-state index is 0.247. The summed E-state index contributed by atoms with van der Waals surface area (Å²) < 4.78 is 41.4. The molecule has 0 aromatic heterocycles. The Hall–Kier alpha value is -2.85. The zero-order chi connectivity index (χ0) is 23.5. The van der Waals surface area contributed by atoms with E-state index in [0.29, 0.717) is 24.3 Å². The van der Waals surface area contributed by atoms with E-state index in [1.165, 1.54) is 29.3 Å². The van der Waals surface area contributed by atoms with Crippen LogP contribution in [0.2, 0.25) is 0 Å². The van der Waals surface area contributed by atoms with E-state index in [2.05, 4.69) is 41.3 Å². The summed E-state index contributed by atoms with van der Waals surface area (Å²) in [7, 11) is 0. The predicted octanol–water partition coefficient (Wildman–Crippen LogP) is 7.09. The van der Waals surface area contributed by atoms with Crippen molar-refractivity contribution >= 4 is 11.1 Å². The number of hydrogen-bond donors (Lipinski definition) is 0. The molecule has 0 spiro atoms. The first-order valence-corrected chi connectivity index (χ1v) is 12.3. The summed E-state index contributed by atoms with van der Waals surface area (Å²) in [4.78, 5) is 2.31. The number of likely N-dealkylation sites (tertiary alicyclic amines) is 1. The predicted molar refractivity (Wildman–Crippen MR) is 132 cm³/mol. The van der Waals surface area contributed by atoms with Crippen LogP contribution in [0, 0.1) is 17.6 Å². The summed E-state index contributed by atoms with van der Waals surface area (Å²) in [6.07, 6.45) is 4.13. The van der Waals surface area contributed by atoms with Gasteiger partial charge >= 0.3 is 0 Å². The van der Waals surface area contributed by atoms with Gasteiger partial charge in [0.2, 0.25) is 0 Å². The van der Waals surface area contributed by atoms with Crippen LogP contribution in [0.25, 0.3) is 11.1 Å². The first-order valence-electron chi connectivity index (χ1n) is 12.3. The molecular formula is C30H30F3N. The highest BCUT2D eigenvalue weighted by atomic mass is 19.1. The van der Waals surface area contributed by atoms with Gasteiger partial charge in [0.05, 0.1) is 6.67 Å². The number of aryl methyl sites for hydroxylation is 1. The molecule has 3 aromatic rings. The van der Waals surface area contributed by atoms with E-state index in [9.17, 15) is 13.2 Å². The minimum atomic E-state index is -0.419. The molecule has 2 aliphatic rings. The van der Waals surface area contributed by atoms with Crippen molar-refractivity contribution in [3.63, 3.8) is 0 Å². The van der Waals surface area contributed by atoms with Gasteiger partial charge in [0.15, 0.2) is 0 Å². The average molecular weight is 462 g/mol. The van der Waals surface area contributed by atoms with Crippen molar-refractivity contribution in [3.8, 4) is 0 Å². The van der Waals surface area contributed by atoms with Gasteiger partial charge in [0.25, 0.3) is 0 Å². The summed E-state index contributed by atoms with van der Waals surface area (Å²) >= 11 is 0. The van der Waals surface area contributed by atoms with Crippen LogP contribution in [0.4, 0.5) is 13.2 Å². The van der Waals surface area contributed by atoms with Crippen molar-refractivity contribution in [2.75, 3.05) is 26.3 Å².